The van der Waals surface area contributed by atoms with Crippen LogP contribution in [0.4, 0.5) is 5.82 Å². The number of hydrogen-bond acceptors (Lipinski definition) is 8. The molecule has 2 aromatic heterocycles. The fourth-order valence-corrected chi connectivity index (χ4v) is 4.39. The molecule has 0 aliphatic carbocycles. The topological polar surface area (TPSA) is 123 Å². The monoisotopic (exact) mass is 481 g/mol. The van der Waals surface area contributed by atoms with Gasteiger partial charge < -0.3 is 25.0 Å². The summed E-state index contributed by atoms with van der Waals surface area (Å²) < 4.78 is 12.4. The van der Waals surface area contributed by atoms with Gasteiger partial charge in [-0.15, -0.1) is 0 Å². The van der Waals surface area contributed by atoms with Crippen molar-refractivity contribution in [2.24, 2.45) is 0 Å². The predicted octanol–water partition coefficient (Wildman–Crippen LogP) is 1.28. The Morgan fingerprint density at radius 3 is 2.57 bits per heavy atom. The lowest BCUT2D eigenvalue weighted by Gasteiger charge is -2.34. The van der Waals surface area contributed by atoms with Crippen molar-refractivity contribution in [2.75, 3.05) is 32.2 Å². The van der Waals surface area contributed by atoms with E-state index in [4.69, 9.17) is 9.47 Å². The summed E-state index contributed by atoms with van der Waals surface area (Å²) in [7, 11) is 3.13. The lowest BCUT2D eigenvalue weighted by Crippen LogP contribution is -2.52. The molecule has 2 amide bonds. The van der Waals surface area contributed by atoms with Gasteiger partial charge in [-0.2, -0.15) is 14.6 Å². The number of carbonyl (C=O) groups excluding carboxylic acids is 2. The number of hydrogen-bond donors (Lipinski definition) is 2. The molecule has 0 bridgehead atoms. The number of carbonyl (C=O) groups is 2. The number of methoxy groups -OCH3 is 2. The van der Waals surface area contributed by atoms with Crippen LogP contribution in [0.1, 0.15) is 31.0 Å². The van der Waals surface area contributed by atoms with Crippen LogP contribution in [0.15, 0.2) is 30.6 Å². The highest BCUT2D eigenvalue weighted by atomic mass is 16.5. The Hall–Kier alpha value is -3.89. The van der Waals surface area contributed by atoms with Crippen molar-refractivity contribution in [2.45, 2.75) is 45.2 Å². The third-order valence-corrected chi connectivity index (χ3v) is 6.11. The molecule has 1 fully saturated rings. The molecule has 186 valence electrons. The fraction of sp³-hybridized carbons (Fsp3) is 0.458. The number of ether oxygens (including phenoxy) is 2. The van der Waals surface area contributed by atoms with E-state index in [-0.39, 0.29) is 17.9 Å². The molecule has 2 N–H and O–H groups in total. The van der Waals surface area contributed by atoms with Gasteiger partial charge in [-0.25, -0.2) is 4.98 Å². The lowest BCUT2D eigenvalue weighted by molar-refractivity contribution is -0.128. The number of nitrogens with one attached hydrogen (secondary N) is 2. The molecule has 35 heavy (non-hydrogen) atoms. The Morgan fingerprint density at radius 1 is 1.14 bits per heavy atom. The smallest absolute Gasteiger partial charge is 0.254 e. The Kier molecular flexibility index (Phi) is 7.33. The van der Waals surface area contributed by atoms with E-state index in [2.05, 4.69) is 30.6 Å². The zero-order valence-corrected chi connectivity index (χ0v) is 20.4. The van der Waals surface area contributed by atoms with Crippen LogP contribution in [0, 0.1) is 6.92 Å². The normalized spacial score (nSPS) is 15.0. The molecule has 1 aliphatic heterocycles. The van der Waals surface area contributed by atoms with Gasteiger partial charge in [0.1, 0.15) is 18.2 Å². The van der Waals surface area contributed by atoms with Crippen LogP contribution in [0.25, 0.3) is 5.78 Å². The van der Waals surface area contributed by atoms with Crippen molar-refractivity contribution in [3.05, 3.63) is 41.9 Å². The van der Waals surface area contributed by atoms with Crippen LogP contribution >= 0.6 is 0 Å². The van der Waals surface area contributed by atoms with Gasteiger partial charge in [0.25, 0.3) is 5.78 Å². The van der Waals surface area contributed by atoms with Crippen LogP contribution in [0.5, 0.6) is 11.5 Å². The van der Waals surface area contributed by atoms with Crippen LogP contribution in [0.2, 0.25) is 0 Å². The Labute approximate surface area is 203 Å². The minimum absolute atomic E-state index is 0.00887. The maximum atomic E-state index is 13.1. The van der Waals surface area contributed by atoms with Crippen LogP contribution < -0.4 is 25.0 Å². The first-order chi connectivity index (χ1) is 16.9. The number of fused-ring (bicyclic) bond motifs is 1. The van der Waals surface area contributed by atoms with E-state index in [1.165, 1.54) is 13.3 Å². The van der Waals surface area contributed by atoms with E-state index in [0.717, 1.165) is 43.0 Å². The van der Waals surface area contributed by atoms with Gasteiger partial charge in [0.15, 0.2) is 11.5 Å². The molecule has 11 nitrogen and oxygen atoms in total. The van der Waals surface area contributed by atoms with Gasteiger partial charge in [-0.3, -0.25) is 9.59 Å². The summed E-state index contributed by atoms with van der Waals surface area (Å²) in [6.45, 7) is 4.86. The molecule has 0 spiro atoms. The molecule has 1 atom stereocenters. The standard InChI is InChI=1S/C24H31N7O4/c1-15-11-22(31-24(27-15)25-14-26-31)30-9-7-18(8-10-30)29-23(33)19(28-16(2)32)12-17-5-6-20(34-3)21(13-17)35-4/h5-6,11,13-14,18-19H,7-10,12H2,1-4H3,(H,28,32)(H,29,33)/t19-/m0/s1. The van der Waals surface area contributed by atoms with Crippen molar-refractivity contribution in [3.63, 3.8) is 0 Å². The molecule has 3 aromatic rings. The molecule has 1 saturated heterocycles. The van der Waals surface area contributed by atoms with Crippen molar-refractivity contribution in [3.8, 4) is 11.5 Å². The summed E-state index contributed by atoms with van der Waals surface area (Å²) >= 11 is 0. The Bertz CT molecular complexity index is 1200. The van der Waals surface area contributed by atoms with Crippen molar-refractivity contribution < 1.29 is 19.1 Å². The quantitative estimate of drug-likeness (QED) is 0.493. The summed E-state index contributed by atoms with van der Waals surface area (Å²) in [5, 5.41) is 10.2. The predicted molar refractivity (Wildman–Crippen MR) is 130 cm³/mol. The number of nitrogens with zero attached hydrogens (tertiary/aromatic N) is 5. The van der Waals surface area contributed by atoms with Gasteiger partial charge in [-0.1, -0.05) is 6.07 Å². The van der Waals surface area contributed by atoms with Crippen molar-refractivity contribution >= 4 is 23.4 Å². The van der Waals surface area contributed by atoms with Crippen molar-refractivity contribution in [1.82, 2.24) is 30.2 Å². The fourth-order valence-electron chi connectivity index (χ4n) is 4.39. The average molecular weight is 482 g/mol. The van der Waals surface area contributed by atoms with E-state index < -0.39 is 6.04 Å². The number of aromatic nitrogens is 4. The van der Waals surface area contributed by atoms with Crippen LogP contribution in [0.3, 0.4) is 0 Å². The molecular weight excluding hydrogens is 450 g/mol. The first-order valence-corrected chi connectivity index (χ1v) is 11.6. The second-order valence-corrected chi connectivity index (χ2v) is 8.64. The number of anilines is 1. The molecule has 1 aliphatic rings. The van der Waals surface area contributed by atoms with Gasteiger partial charge in [0.05, 0.1) is 14.2 Å². The summed E-state index contributed by atoms with van der Waals surface area (Å²) in [4.78, 5) is 35.8. The van der Waals surface area contributed by atoms with Gasteiger partial charge >= 0.3 is 0 Å². The Balaban J connectivity index is 1.40. The SMILES string of the molecule is COc1ccc(C[C@H](NC(C)=O)C(=O)NC2CCN(c3cc(C)nc4ncnn34)CC2)cc1OC. The van der Waals surface area contributed by atoms with Crippen molar-refractivity contribution in [1.29, 1.82) is 0 Å². The highest BCUT2D eigenvalue weighted by Crippen LogP contribution is 2.28. The van der Waals surface area contributed by atoms with Crippen LogP contribution in [-0.2, 0) is 16.0 Å². The highest BCUT2D eigenvalue weighted by molar-refractivity contribution is 5.87. The molecule has 11 heteroatoms. The summed E-state index contributed by atoms with van der Waals surface area (Å²) in [5.41, 5.74) is 1.74. The number of amides is 2. The van der Waals surface area contributed by atoms with E-state index in [1.807, 2.05) is 25.1 Å². The molecule has 1 aromatic carbocycles. The van der Waals surface area contributed by atoms with Gasteiger partial charge in [0.2, 0.25) is 11.8 Å². The minimum atomic E-state index is -0.693. The summed E-state index contributed by atoms with van der Waals surface area (Å²) in [5.74, 6) is 2.24. The largest absolute Gasteiger partial charge is 0.493 e. The number of benzene rings is 1. The number of piperidine rings is 1. The van der Waals surface area contributed by atoms with E-state index in [0.29, 0.717) is 23.7 Å². The second kappa shape index (κ2) is 10.6. The van der Waals surface area contributed by atoms with Gasteiger partial charge in [0, 0.05) is 44.2 Å². The summed E-state index contributed by atoms with van der Waals surface area (Å²) in [6.07, 6.45) is 3.38. The first kappa shape index (κ1) is 24.2. The molecule has 0 unspecified atom stereocenters. The van der Waals surface area contributed by atoms with E-state index in [1.54, 1.807) is 24.8 Å². The zero-order chi connectivity index (χ0) is 24.9. The average Bonchev–Trinajstić information content (AvgIpc) is 3.31. The maximum Gasteiger partial charge on any atom is 0.254 e. The lowest BCUT2D eigenvalue weighted by atomic mass is 10.0. The molecular formula is C24H31N7O4. The molecule has 4 rings (SSSR count). The molecule has 0 saturated carbocycles. The minimum Gasteiger partial charge on any atom is -0.493 e. The highest BCUT2D eigenvalue weighted by Gasteiger charge is 2.27. The number of aryl methyl sites for hydroxylation is 1. The van der Waals surface area contributed by atoms with E-state index >= 15 is 0 Å². The Morgan fingerprint density at radius 2 is 1.89 bits per heavy atom. The van der Waals surface area contributed by atoms with Gasteiger partial charge in [-0.05, 0) is 37.5 Å². The van der Waals surface area contributed by atoms with E-state index in [9.17, 15) is 9.59 Å². The second-order valence-electron chi connectivity index (χ2n) is 8.64. The first-order valence-electron chi connectivity index (χ1n) is 11.6. The third-order valence-electron chi connectivity index (χ3n) is 6.11. The maximum absolute atomic E-state index is 13.1. The van der Waals surface area contributed by atoms with Crippen LogP contribution in [-0.4, -0.2) is 70.8 Å². The third kappa shape index (κ3) is 5.61. The molecule has 3 heterocycles. The number of rotatable bonds is 8. The molecule has 0 radical (unpaired) electrons. The summed E-state index contributed by atoms with van der Waals surface area (Å²) in [6, 6.07) is 6.79. The zero-order valence-electron chi connectivity index (χ0n) is 20.4.